The maximum atomic E-state index is 12.2. The molecule has 0 saturated heterocycles. The zero-order chi connectivity index (χ0) is 17.2. The van der Waals surface area contributed by atoms with Crippen molar-refractivity contribution < 1.29 is 18.1 Å². The van der Waals surface area contributed by atoms with Crippen LogP contribution in [0.15, 0.2) is 23.1 Å². The number of rotatable bonds is 6. The maximum Gasteiger partial charge on any atom is 0.246 e. The number of phenols is 1. The zero-order valence-corrected chi connectivity index (χ0v) is 14.4. The Labute approximate surface area is 137 Å². The second kappa shape index (κ2) is 6.66. The average molecular weight is 359 g/mol. The summed E-state index contributed by atoms with van der Waals surface area (Å²) in [6, 6.07) is 4.26. The van der Waals surface area contributed by atoms with Crippen molar-refractivity contribution in [3.05, 3.63) is 18.2 Å². The summed E-state index contributed by atoms with van der Waals surface area (Å²) in [5.74, 6) is 0.00317. The molecule has 1 aromatic heterocycles. The highest BCUT2D eigenvalue weighted by molar-refractivity contribution is 7.89. The number of aromatic hydroxyl groups is 1. The number of aromatic nitrogens is 2. The molecule has 1 aromatic carbocycles. The van der Waals surface area contributed by atoms with Gasteiger partial charge in [-0.2, -0.15) is 0 Å². The van der Waals surface area contributed by atoms with E-state index in [0.717, 1.165) is 4.31 Å². The van der Waals surface area contributed by atoms with E-state index in [1.54, 1.807) is 0 Å². The van der Waals surface area contributed by atoms with Crippen LogP contribution in [0.1, 0.15) is 6.92 Å². The first-order valence-corrected chi connectivity index (χ1v) is 9.13. The van der Waals surface area contributed by atoms with E-state index in [9.17, 15) is 18.1 Å². The number of sulfonamides is 1. The molecule has 9 nitrogen and oxygen atoms in total. The Morgan fingerprint density at radius 3 is 2.57 bits per heavy atom. The van der Waals surface area contributed by atoms with Gasteiger partial charge in [0.05, 0.1) is 5.69 Å². The quantitative estimate of drug-likeness (QED) is 0.520. The number of nitrogens with one attached hydrogen (secondary N) is 2. The number of anilines is 3. The molecule has 0 spiro atoms. The van der Waals surface area contributed by atoms with Crippen molar-refractivity contribution in [2.75, 3.05) is 31.3 Å². The molecule has 0 bridgehead atoms. The fourth-order valence-electron chi connectivity index (χ4n) is 1.78. The van der Waals surface area contributed by atoms with Gasteiger partial charge in [-0.05, 0) is 19.1 Å². The Bertz CT molecular complexity index is 804. The van der Waals surface area contributed by atoms with Crippen molar-refractivity contribution >= 4 is 38.5 Å². The smallest absolute Gasteiger partial charge is 0.246 e. The van der Waals surface area contributed by atoms with E-state index >= 15 is 0 Å². The van der Waals surface area contributed by atoms with Gasteiger partial charge < -0.3 is 20.3 Å². The van der Waals surface area contributed by atoms with Crippen LogP contribution in [0.4, 0.5) is 17.3 Å². The monoisotopic (exact) mass is 359 g/mol. The van der Waals surface area contributed by atoms with Crippen LogP contribution in [0.5, 0.6) is 5.75 Å². The van der Waals surface area contributed by atoms with Gasteiger partial charge in [0, 0.05) is 29.4 Å². The Morgan fingerprint density at radius 1 is 1.30 bits per heavy atom. The Hall–Kier alpha value is -1.95. The molecule has 1 atom stereocenters. The van der Waals surface area contributed by atoms with Crippen molar-refractivity contribution in [3.63, 3.8) is 0 Å². The SMILES string of the molecule is CCNc1n[s+]([O-])nc1Nc1cccc(S(=O)(=O)N(C)C)c1O. The van der Waals surface area contributed by atoms with Crippen LogP contribution in [-0.2, 0) is 10.0 Å². The molecule has 0 aliphatic rings. The van der Waals surface area contributed by atoms with Gasteiger partial charge in [-0.3, -0.25) is 0 Å². The molecule has 0 saturated carbocycles. The predicted molar refractivity (Wildman–Crippen MR) is 87.1 cm³/mol. The maximum absolute atomic E-state index is 12.2. The third-order valence-corrected chi connectivity index (χ3v) is 5.44. The van der Waals surface area contributed by atoms with E-state index < -0.39 is 26.9 Å². The largest absolute Gasteiger partial charge is 0.546 e. The molecule has 2 aromatic rings. The van der Waals surface area contributed by atoms with E-state index in [1.165, 1.54) is 32.3 Å². The molecule has 0 fully saturated rings. The third kappa shape index (κ3) is 3.52. The first-order valence-electron chi connectivity index (χ1n) is 6.62. The van der Waals surface area contributed by atoms with Crippen LogP contribution in [0, 0.1) is 0 Å². The van der Waals surface area contributed by atoms with Gasteiger partial charge in [0.25, 0.3) is 0 Å². The van der Waals surface area contributed by atoms with Crippen LogP contribution < -0.4 is 10.6 Å². The van der Waals surface area contributed by atoms with E-state index in [4.69, 9.17) is 0 Å². The summed E-state index contributed by atoms with van der Waals surface area (Å²) in [5, 5.41) is 15.9. The predicted octanol–water partition coefficient (Wildman–Crippen LogP) is 1.34. The molecule has 0 radical (unpaired) electrons. The minimum Gasteiger partial charge on any atom is -0.546 e. The van der Waals surface area contributed by atoms with E-state index in [2.05, 4.69) is 19.4 Å². The van der Waals surface area contributed by atoms with Crippen LogP contribution in [0.2, 0.25) is 0 Å². The van der Waals surface area contributed by atoms with Gasteiger partial charge in [0.2, 0.25) is 21.7 Å². The Balaban J connectivity index is 2.43. The molecule has 1 unspecified atom stereocenters. The number of hydrogen-bond acceptors (Lipinski definition) is 8. The molecule has 0 aliphatic heterocycles. The average Bonchev–Trinajstić information content (AvgIpc) is 2.81. The lowest BCUT2D eigenvalue weighted by Gasteiger charge is -2.14. The minimum atomic E-state index is -3.80. The minimum absolute atomic E-state index is 0.121. The third-order valence-electron chi connectivity index (χ3n) is 2.92. The summed E-state index contributed by atoms with van der Waals surface area (Å²) in [4.78, 5) is -0.242. The number of nitrogens with zero attached hydrogens (tertiary/aromatic N) is 3. The highest BCUT2D eigenvalue weighted by Gasteiger charge is 2.24. The fraction of sp³-hybridized carbons (Fsp3) is 0.333. The Morgan fingerprint density at radius 2 is 1.96 bits per heavy atom. The highest BCUT2D eigenvalue weighted by atomic mass is 32.2. The Kier molecular flexibility index (Phi) is 5.04. The van der Waals surface area contributed by atoms with Crippen LogP contribution >= 0.6 is 11.1 Å². The summed E-state index contributed by atoms with van der Waals surface area (Å²) in [6.45, 7) is 2.38. The fourth-order valence-corrected chi connectivity index (χ4v) is 3.42. The van der Waals surface area contributed by atoms with E-state index in [-0.39, 0.29) is 22.2 Å². The van der Waals surface area contributed by atoms with Gasteiger partial charge in [0.1, 0.15) is 4.90 Å². The molecule has 0 aliphatic carbocycles. The standard InChI is InChI=1S/C12H17N5O4S2/c1-4-13-11-12(16-22(19)15-11)14-8-6-5-7-9(10(8)18)23(20,21)17(2)3/h5-7,18H,4H2,1-3H3,(H,13,15)(H,14,16). The molecule has 2 rings (SSSR count). The van der Waals surface area contributed by atoms with Crippen molar-refractivity contribution in [2.24, 2.45) is 0 Å². The van der Waals surface area contributed by atoms with Gasteiger partial charge in [-0.25, -0.2) is 12.7 Å². The van der Waals surface area contributed by atoms with Crippen molar-refractivity contribution in [1.29, 1.82) is 0 Å². The molecule has 3 N–H and O–H groups in total. The number of hydrogen-bond donors (Lipinski definition) is 3. The lowest BCUT2D eigenvalue weighted by Crippen LogP contribution is -2.22. The van der Waals surface area contributed by atoms with Gasteiger partial charge in [0.15, 0.2) is 16.9 Å². The first-order chi connectivity index (χ1) is 10.8. The molecule has 11 heteroatoms. The highest BCUT2D eigenvalue weighted by Crippen LogP contribution is 2.35. The molecule has 0 amide bonds. The summed E-state index contributed by atoms with van der Waals surface area (Å²) < 4.78 is 44.4. The lowest BCUT2D eigenvalue weighted by atomic mass is 10.3. The van der Waals surface area contributed by atoms with Crippen LogP contribution in [0.3, 0.4) is 0 Å². The first kappa shape index (κ1) is 17.4. The summed E-state index contributed by atoms with van der Waals surface area (Å²) in [6.07, 6.45) is 0. The second-order valence-electron chi connectivity index (χ2n) is 4.71. The summed E-state index contributed by atoms with van der Waals surface area (Å²) in [5.41, 5.74) is 0.121. The topological polar surface area (TPSA) is 131 Å². The van der Waals surface area contributed by atoms with Gasteiger partial charge in [-0.15, -0.1) is 0 Å². The molecule has 1 heterocycles. The molecular formula is C12H17N5O4S2. The lowest BCUT2D eigenvalue weighted by molar-refractivity contribution is 0.454. The van der Waals surface area contributed by atoms with Crippen LogP contribution in [0.25, 0.3) is 0 Å². The summed E-state index contributed by atoms with van der Waals surface area (Å²) >= 11 is -1.75. The van der Waals surface area contributed by atoms with Crippen LogP contribution in [-0.4, -0.2) is 51.8 Å². The van der Waals surface area contributed by atoms with E-state index in [1.807, 2.05) is 6.92 Å². The van der Waals surface area contributed by atoms with Crippen molar-refractivity contribution in [2.45, 2.75) is 11.8 Å². The summed E-state index contributed by atoms with van der Waals surface area (Å²) in [7, 11) is -1.06. The molecule has 126 valence electrons. The number of benzene rings is 1. The number of para-hydroxylation sites is 1. The van der Waals surface area contributed by atoms with Crippen molar-refractivity contribution in [3.8, 4) is 5.75 Å². The molecule has 23 heavy (non-hydrogen) atoms. The number of phenolic OH excluding ortho intramolecular Hbond substituents is 1. The second-order valence-corrected chi connectivity index (χ2v) is 7.65. The zero-order valence-electron chi connectivity index (χ0n) is 12.8. The van der Waals surface area contributed by atoms with Gasteiger partial charge >= 0.3 is 0 Å². The molecular weight excluding hydrogens is 342 g/mol. The van der Waals surface area contributed by atoms with Crippen molar-refractivity contribution in [1.82, 2.24) is 13.1 Å². The van der Waals surface area contributed by atoms with E-state index in [0.29, 0.717) is 6.54 Å². The van der Waals surface area contributed by atoms with Gasteiger partial charge in [-0.1, -0.05) is 6.07 Å². The normalized spacial score (nSPS) is 12.5.